The molecule has 1 aliphatic heterocycles. The summed E-state index contributed by atoms with van der Waals surface area (Å²) in [4.78, 5) is 50.7. The van der Waals surface area contributed by atoms with Crippen molar-refractivity contribution in [2.75, 3.05) is 20.2 Å². The maximum atomic E-state index is 13.2. The van der Waals surface area contributed by atoms with Gasteiger partial charge in [-0.15, -0.1) is 0 Å². The number of hydrogen-bond acceptors (Lipinski definition) is 5. The molecule has 0 unspecified atom stereocenters. The van der Waals surface area contributed by atoms with Crippen molar-refractivity contribution in [3.63, 3.8) is 0 Å². The Kier molecular flexibility index (Phi) is 7.66. The summed E-state index contributed by atoms with van der Waals surface area (Å²) in [7, 11) is 1.54. The minimum absolute atomic E-state index is 0.0994. The number of carbonyl (C=O) groups excluding carboxylic acids is 3. The zero-order chi connectivity index (χ0) is 24.0. The van der Waals surface area contributed by atoms with Gasteiger partial charge in [0.05, 0.1) is 24.6 Å². The third-order valence-corrected chi connectivity index (χ3v) is 5.61. The highest BCUT2D eigenvalue weighted by molar-refractivity contribution is 6.00. The average Bonchev–Trinajstić information content (AvgIpc) is 2.96. The molecule has 174 valence electrons. The first kappa shape index (κ1) is 23.8. The summed E-state index contributed by atoms with van der Waals surface area (Å²) in [5, 5.41) is 14.7. The molecule has 1 heterocycles. The number of amides is 4. The van der Waals surface area contributed by atoms with E-state index in [0.29, 0.717) is 24.2 Å². The Bertz CT molecular complexity index is 1050. The first-order chi connectivity index (χ1) is 15.8. The third kappa shape index (κ3) is 5.68. The smallest absolute Gasteiger partial charge is 0.335 e. The second-order valence-electron chi connectivity index (χ2n) is 7.78. The molecule has 0 aromatic heterocycles. The van der Waals surface area contributed by atoms with Crippen molar-refractivity contribution in [1.29, 1.82) is 0 Å². The van der Waals surface area contributed by atoms with Crippen molar-refractivity contribution in [3.8, 4) is 5.75 Å². The van der Waals surface area contributed by atoms with Crippen LogP contribution in [0.25, 0.3) is 0 Å². The summed E-state index contributed by atoms with van der Waals surface area (Å²) in [6.45, 7) is 1.55. The number of imide groups is 1. The Morgan fingerprint density at radius 1 is 1.21 bits per heavy atom. The van der Waals surface area contributed by atoms with Crippen LogP contribution in [-0.4, -0.2) is 54.0 Å². The van der Waals surface area contributed by atoms with E-state index in [1.165, 1.54) is 12.1 Å². The SMILES string of the molecule is CC[C@@H](NC(=O)N1CC(=O)NC[C@@H](Cc2ccccc2OC)C1=O)c1cccc(C(=O)O)c1. The Morgan fingerprint density at radius 3 is 2.67 bits per heavy atom. The summed E-state index contributed by atoms with van der Waals surface area (Å²) in [5.41, 5.74) is 1.50. The van der Waals surface area contributed by atoms with E-state index in [1.807, 2.05) is 25.1 Å². The van der Waals surface area contributed by atoms with Gasteiger partial charge >= 0.3 is 12.0 Å². The first-order valence-electron chi connectivity index (χ1n) is 10.7. The van der Waals surface area contributed by atoms with E-state index in [4.69, 9.17) is 4.74 Å². The molecule has 9 heteroatoms. The van der Waals surface area contributed by atoms with Gasteiger partial charge in [-0.25, -0.2) is 9.59 Å². The van der Waals surface area contributed by atoms with Crippen LogP contribution in [0.1, 0.15) is 40.9 Å². The van der Waals surface area contributed by atoms with Gasteiger partial charge < -0.3 is 20.5 Å². The van der Waals surface area contributed by atoms with Gasteiger partial charge in [-0.3, -0.25) is 14.5 Å². The van der Waals surface area contributed by atoms with Gasteiger partial charge in [0.15, 0.2) is 0 Å². The van der Waals surface area contributed by atoms with Crippen LogP contribution in [-0.2, 0) is 16.0 Å². The molecule has 2 aromatic carbocycles. The van der Waals surface area contributed by atoms with Crippen molar-refractivity contribution < 1.29 is 29.0 Å². The predicted octanol–water partition coefficient (Wildman–Crippen LogP) is 2.37. The molecule has 2 atom stereocenters. The molecular formula is C24H27N3O6. The fourth-order valence-corrected chi connectivity index (χ4v) is 3.83. The van der Waals surface area contributed by atoms with Crippen LogP contribution in [0.4, 0.5) is 4.79 Å². The molecule has 0 aliphatic carbocycles. The zero-order valence-electron chi connectivity index (χ0n) is 18.5. The Hall–Kier alpha value is -3.88. The van der Waals surface area contributed by atoms with E-state index < -0.39 is 42.3 Å². The largest absolute Gasteiger partial charge is 0.496 e. The molecule has 0 radical (unpaired) electrons. The Labute approximate surface area is 191 Å². The van der Waals surface area contributed by atoms with Crippen LogP contribution in [0, 0.1) is 5.92 Å². The monoisotopic (exact) mass is 453 g/mol. The summed E-state index contributed by atoms with van der Waals surface area (Å²) >= 11 is 0. The van der Waals surface area contributed by atoms with Gasteiger partial charge in [0.2, 0.25) is 11.8 Å². The van der Waals surface area contributed by atoms with Gasteiger partial charge in [0.25, 0.3) is 0 Å². The molecule has 1 fully saturated rings. The normalized spacial score (nSPS) is 17.0. The highest BCUT2D eigenvalue weighted by atomic mass is 16.5. The van der Waals surface area contributed by atoms with Gasteiger partial charge in [0, 0.05) is 6.54 Å². The maximum Gasteiger partial charge on any atom is 0.335 e. The minimum atomic E-state index is -1.07. The fraction of sp³-hybridized carbons (Fsp3) is 0.333. The first-order valence-corrected chi connectivity index (χ1v) is 10.7. The lowest BCUT2D eigenvalue weighted by Gasteiger charge is -2.25. The number of nitrogens with zero attached hydrogens (tertiary/aromatic N) is 1. The topological polar surface area (TPSA) is 125 Å². The summed E-state index contributed by atoms with van der Waals surface area (Å²) in [5.74, 6) is -1.99. The summed E-state index contributed by atoms with van der Waals surface area (Å²) in [6, 6.07) is 12.3. The number of hydrogen-bond donors (Lipinski definition) is 3. The Balaban J connectivity index is 1.80. The highest BCUT2D eigenvalue weighted by Gasteiger charge is 2.35. The van der Waals surface area contributed by atoms with E-state index in [0.717, 1.165) is 10.5 Å². The van der Waals surface area contributed by atoms with E-state index >= 15 is 0 Å². The standard InChI is InChI=1S/C24H27N3O6/c1-3-19(15-8-6-9-17(11-15)23(30)31)26-24(32)27-14-21(28)25-13-18(22(27)29)12-16-7-4-5-10-20(16)33-2/h4-11,18-19H,3,12-14H2,1-2H3,(H,25,28)(H,26,32)(H,30,31)/t18-,19-/m1/s1. The van der Waals surface area contributed by atoms with E-state index in [-0.39, 0.29) is 12.1 Å². The van der Waals surface area contributed by atoms with Gasteiger partial charge in [0.1, 0.15) is 12.3 Å². The number of benzene rings is 2. The summed E-state index contributed by atoms with van der Waals surface area (Å²) in [6.07, 6.45) is 0.762. The fourth-order valence-electron chi connectivity index (χ4n) is 3.83. The molecule has 0 saturated carbocycles. The number of aromatic carboxylic acids is 1. The Morgan fingerprint density at radius 2 is 1.97 bits per heavy atom. The molecular weight excluding hydrogens is 426 g/mol. The molecule has 1 saturated heterocycles. The van der Waals surface area contributed by atoms with Gasteiger partial charge in [-0.1, -0.05) is 37.3 Å². The minimum Gasteiger partial charge on any atom is -0.496 e. The molecule has 9 nitrogen and oxygen atoms in total. The number of para-hydroxylation sites is 1. The van der Waals surface area contributed by atoms with E-state index in [2.05, 4.69) is 10.6 Å². The quantitative estimate of drug-likeness (QED) is 0.591. The van der Waals surface area contributed by atoms with Crippen molar-refractivity contribution in [3.05, 3.63) is 65.2 Å². The molecule has 2 aromatic rings. The number of ether oxygens (including phenoxy) is 1. The number of methoxy groups -OCH3 is 1. The number of urea groups is 1. The zero-order valence-corrected chi connectivity index (χ0v) is 18.5. The van der Waals surface area contributed by atoms with Crippen molar-refractivity contribution in [1.82, 2.24) is 15.5 Å². The number of rotatable bonds is 7. The lowest BCUT2D eigenvalue weighted by molar-refractivity contribution is -0.133. The molecule has 4 amide bonds. The molecule has 1 aliphatic rings. The molecule has 3 N–H and O–H groups in total. The van der Waals surface area contributed by atoms with Gasteiger partial charge in [-0.2, -0.15) is 0 Å². The number of carboxylic acids is 1. The molecule has 3 rings (SSSR count). The average molecular weight is 453 g/mol. The van der Waals surface area contributed by atoms with E-state index in [1.54, 1.807) is 25.3 Å². The van der Waals surface area contributed by atoms with Crippen LogP contribution in [0.2, 0.25) is 0 Å². The maximum absolute atomic E-state index is 13.2. The van der Waals surface area contributed by atoms with Crippen molar-refractivity contribution in [2.24, 2.45) is 5.92 Å². The van der Waals surface area contributed by atoms with Crippen LogP contribution in [0.5, 0.6) is 5.75 Å². The van der Waals surface area contributed by atoms with Crippen LogP contribution >= 0.6 is 0 Å². The van der Waals surface area contributed by atoms with E-state index in [9.17, 15) is 24.3 Å². The third-order valence-electron chi connectivity index (χ3n) is 5.61. The van der Waals surface area contributed by atoms with Crippen LogP contribution < -0.4 is 15.4 Å². The highest BCUT2D eigenvalue weighted by Crippen LogP contribution is 2.23. The van der Waals surface area contributed by atoms with Gasteiger partial charge in [-0.05, 0) is 42.2 Å². The lowest BCUT2D eigenvalue weighted by atomic mass is 9.97. The summed E-state index contributed by atoms with van der Waals surface area (Å²) < 4.78 is 5.36. The second-order valence-corrected chi connectivity index (χ2v) is 7.78. The molecule has 0 spiro atoms. The number of carboxylic acid groups (broad SMARTS) is 1. The predicted molar refractivity (Wildman–Crippen MR) is 120 cm³/mol. The van der Waals surface area contributed by atoms with Crippen LogP contribution in [0.15, 0.2) is 48.5 Å². The molecule has 0 bridgehead atoms. The van der Waals surface area contributed by atoms with Crippen LogP contribution in [0.3, 0.4) is 0 Å². The van der Waals surface area contributed by atoms with Crippen molar-refractivity contribution >= 4 is 23.8 Å². The lowest BCUT2D eigenvalue weighted by Crippen LogP contribution is -2.48. The number of nitrogens with one attached hydrogen (secondary N) is 2. The van der Waals surface area contributed by atoms with Crippen molar-refractivity contribution in [2.45, 2.75) is 25.8 Å². The number of carbonyl (C=O) groups is 4. The molecule has 33 heavy (non-hydrogen) atoms. The second kappa shape index (κ2) is 10.6.